The fourth-order valence-corrected chi connectivity index (χ4v) is 6.24. The molecule has 2 aromatic carbocycles. The molecule has 4 aromatic rings. The maximum Gasteiger partial charge on any atom is 0.263 e. The van der Waals surface area contributed by atoms with E-state index in [2.05, 4.69) is 0 Å². The minimum atomic E-state index is -0.0176. The number of aromatic nitrogens is 2. The molecule has 2 heterocycles. The van der Waals surface area contributed by atoms with Crippen LogP contribution in [0.5, 0.6) is 0 Å². The smallest absolute Gasteiger partial charge is 0.263 e. The molecule has 0 saturated heterocycles. The molecule has 0 atom stereocenters. The van der Waals surface area contributed by atoms with Crippen molar-refractivity contribution in [2.75, 3.05) is 5.75 Å². The molecule has 7 heteroatoms. The molecule has 0 N–H and O–H groups in total. The lowest BCUT2D eigenvalue weighted by Gasteiger charge is -2.12. The van der Waals surface area contributed by atoms with E-state index in [-0.39, 0.29) is 17.1 Å². The standard InChI is InChI=1S/C24H19ClN2O2S2/c25-17-11-9-16(10-12-17)19(28)14-30-24-26-22-21(18-7-4-8-20(18)31-22)23(29)27(24)13-15-5-2-1-3-6-15/h1-3,5-6,9-12H,4,7-8,13-14H2. The van der Waals surface area contributed by atoms with Crippen molar-refractivity contribution < 1.29 is 4.79 Å². The third-order valence-electron chi connectivity index (χ3n) is 5.47. The second kappa shape index (κ2) is 8.61. The van der Waals surface area contributed by atoms with Gasteiger partial charge in [-0.25, -0.2) is 4.98 Å². The second-order valence-electron chi connectivity index (χ2n) is 7.53. The van der Waals surface area contributed by atoms with E-state index in [1.807, 2.05) is 30.3 Å². The molecular formula is C24H19ClN2O2S2. The van der Waals surface area contributed by atoms with Crippen LogP contribution >= 0.6 is 34.7 Å². The van der Waals surface area contributed by atoms with Crippen molar-refractivity contribution in [1.82, 2.24) is 9.55 Å². The number of fused-ring (bicyclic) bond motifs is 3. The Kier molecular flexibility index (Phi) is 5.69. The summed E-state index contributed by atoms with van der Waals surface area (Å²) in [5.74, 6) is 0.190. The van der Waals surface area contributed by atoms with Crippen molar-refractivity contribution in [1.29, 1.82) is 0 Å². The van der Waals surface area contributed by atoms with Gasteiger partial charge in [-0.15, -0.1) is 11.3 Å². The van der Waals surface area contributed by atoms with Gasteiger partial charge in [0.05, 0.1) is 17.7 Å². The minimum Gasteiger partial charge on any atom is -0.293 e. The third kappa shape index (κ3) is 4.07. The Morgan fingerprint density at radius 3 is 2.65 bits per heavy atom. The monoisotopic (exact) mass is 466 g/mol. The minimum absolute atomic E-state index is 0.00491. The van der Waals surface area contributed by atoms with E-state index in [9.17, 15) is 9.59 Å². The molecule has 2 aromatic heterocycles. The molecule has 1 aliphatic carbocycles. The lowest BCUT2D eigenvalue weighted by atomic mass is 10.1. The molecule has 1 aliphatic rings. The number of halogens is 1. The van der Waals surface area contributed by atoms with Crippen LogP contribution in [0.1, 0.15) is 32.8 Å². The summed E-state index contributed by atoms with van der Waals surface area (Å²) in [5.41, 5.74) is 2.80. The second-order valence-corrected chi connectivity index (χ2v) is 9.99. The Bertz CT molecular complexity index is 1330. The highest BCUT2D eigenvalue weighted by Crippen LogP contribution is 2.35. The zero-order chi connectivity index (χ0) is 21.4. The number of carbonyl (C=O) groups is 1. The predicted octanol–water partition coefficient (Wildman–Crippen LogP) is 5.62. The van der Waals surface area contributed by atoms with Gasteiger partial charge in [0.25, 0.3) is 5.56 Å². The number of thioether (sulfide) groups is 1. The van der Waals surface area contributed by atoms with E-state index in [0.29, 0.717) is 22.3 Å². The molecule has 5 rings (SSSR count). The summed E-state index contributed by atoms with van der Waals surface area (Å²) in [6, 6.07) is 16.8. The van der Waals surface area contributed by atoms with Gasteiger partial charge in [-0.1, -0.05) is 53.7 Å². The summed E-state index contributed by atoms with van der Waals surface area (Å²) in [4.78, 5) is 33.1. The fourth-order valence-electron chi connectivity index (χ4n) is 3.92. The molecule has 0 fully saturated rings. The van der Waals surface area contributed by atoms with Gasteiger partial charge >= 0.3 is 0 Å². The topological polar surface area (TPSA) is 52.0 Å². The van der Waals surface area contributed by atoms with Crippen LogP contribution in [0, 0.1) is 0 Å². The van der Waals surface area contributed by atoms with Crippen molar-refractivity contribution in [2.24, 2.45) is 0 Å². The Morgan fingerprint density at radius 1 is 1.10 bits per heavy atom. The van der Waals surface area contributed by atoms with Gasteiger partial charge in [-0.2, -0.15) is 0 Å². The van der Waals surface area contributed by atoms with Crippen LogP contribution in [0.3, 0.4) is 0 Å². The van der Waals surface area contributed by atoms with Gasteiger partial charge in [-0.3, -0.25) is 14.2 Å². The number of hydrogen-bond acceptors (Lipinski definition) is 5. The SMILES string of the molecule is O=C(CSc1nc2sc3c(c2c(=O)n1Cc1ccccc1)CCC3)c1ccc(Cl)cc1. The van der Waals surface area contributed by atoms with E-state index < -0.39 is 0 Å². The number of thiophene rings is 1. The van der Waals surface area contributed by atoms with Crippen LogP contribution in [0.25, 0.3) is 10.2 Å². The Labute approximate surface area is 192 Å². The number of rotatable bonds is 6. The maximum atomic E-state index is 13.5. The average molecular weight is 467 g/mol. The summed E-state index contributed by atoms with van der Waals surface area (Å²) in [6.45, 7) is 0.435. The highest BCUT2D eigenvalue weighted by Gasteiger charge is 2.23. The van der Waals surface area contributed by atoms with Gasteiger partial charge in [0.1, 0.15) is 4.83 Å². The Morgan fingerprint density at radius 2 is 1.87 bits per heavy atom. The normalized spacial score (nSPS) is 12.9. The number of carbonyl (C=O) groups excluding carboxylic acids is 1. The van der Waals surface area contributed by atoms with Crippen LogP contribution in [-0.4, -0.2) is 21.1 Å². The van der Waals surface area contributed by atoms with E-state index in [1.54, 1.807) is 40.2 Å². The molecule has 0 unspecified atom stereocenters. The van der Waals surface area contributed by atoms with Gasteiger partial charge in [0.2, 0.25) is 0 Å². The first-order valence-electron chi connectivity index (χ1n) is 10.1. The summed E-state index contributed by atoms with van der Waals surface area (Å²) in [7, 11) is 0. The molecule has 0 saturated carbocycles. The van der Waals surface area contributed by atoms with Gasteiger partial charge in [-0.05, 0) is 54.7 Å². The van der Waals surface area contributed by atoms with Gasteiger partial charge in [0, 0.05) is 15.5 Å². The number of Topliss-reactive ketones (excluding diaryl/α,β-unsaturated/α-hetero) is 1. The zero-order valence-corrected chi connectivity index (χ0v) is 19.0. The van der Waals surface area contributed by atoms with Crippen molar-refractivity contribution in [3.63, 3.8) is 0 Å². The summed E-state index contributed by atoms with van der Waals surface area (Å²) >= 11 is 8.87. The average Bonchev–Trinajstić information content (AvgIpc) is 3.36. The van der Waals surface area contributed by atoms with Gasteiger partial charge in [0.15, 0.2) is 10.9 Å². The van der Waals surface area contributed by atoms with Crippen molar-refractivity contribution in [3.8, 4) is 0 Å². The first kappa shape index (κ1) is 20.5. The van der Waals surface area contributed by atoms with Crippen LogP contribution in [-0.2, 0) is 19.4 Å². The lowest BCUT2D eigenvalue weighted by Crippen LogP contribution is -2.24. The van der Waals surface area contributed by atoms with E-state index in [0.717, 1.165) is 35.0 Å². The van der Waals surface area contributed by atoms with Crippen LogP contribution in [0.4, 0.5) is 0 Å². The largest absolute Gasteiger partial charge is 0.293 e. The summed E-state index contributed by atoms with van der Waals surface area (Å²) < 4.78 is 1.72. The molecule has 0 spiro atoms. The quantitative estimate of drug-likeness (QED) is 0.210. The number of benzene rings is 2. The number of ketones is 1. The maximum absolute atomic E-state index is 13.5. The Hall–Kier alpha value is -2.41. The van der Waals surface area contributed by atoms with E-state index in [1.165, 1.54) is 22.2 Å². The zero-order valence-electron chi connectivity index (χ0n) is 16.6. The Balaban J connectivity index is 1.52. The van der Waals surface area contributed by atoms with Crippen molar-refractivity contribution in [2.45, 2.75) is 31.0 Å². The fraction of sp³-hybridized carbons (Fsp3) is 0.208. The molecule has 156 valence electrons. The molecular weight excluding hydrogens is 448 g/mol. The number of aryl methyl sites for hydroxylation is 2. The van der Waals surface area contributed by atoms with Gasteiger partial charge < -0.3 is 0 Å². The molecule has 0 bridgehead atoms. The van der Waals surface area contributed by atoms with Crippen LogP contribution in [0.2, 0.25) is 5.02 Å². The summed E-state index contributed by atoms with van der Waals surface area (Å²) in [6.07, 6.45) is 3.06. The molecule has 0 amide bonds. The first-order valence-corrected chi connectivity index (χ1v) is 12.3. The molecule has 0 radical (unpaired) electrons. The summed E-state index contributed by atoms with van der Waals surface area (Å²) in [5, 5.41) is 1.95. The highest BCUT2D eigenvalue weighted by molar-refractivity contribution is 7.99. The van der Waals surface area contributed by atoms with Crippen molar-refractivity contribution >= 4 is 50.7 Å². The number of nitrogens with zero attached hydrogens (tertiary/aromatic N) is 2. The molecule has 4 nitrogen and oxygen atoms in total. The lowest BCUT2D eigenvalue weighted by molar-refractivity contribution is 0.102. The van der Waals surface area contributed by atoms with Crippen molar-refractivity contribution in [3.05, 3.63) is 91.5 Å². The number of hydrogen-bond donors (Lipinski definition) is 0. The van der Waals surface area contributed by atoms with E-state index in [4.69, 9.17) is 16.6 Å². The molecule has 31 heavy (non-hydrogen) atoms. The first-order chi connectivity index (χ1) is 15.1. The highest BCUT2D eigenvalue weighted by atomic mass is 35.5. The van der Waals surface area contributed by atoms with Crippen LogP contribution < -0.4 is 5.56 Å². The van der Waals surface area contributed by atoms with E-state index >= 15 is 0 Å². The molecule has 0 aliphatic heterocycles. The third-order valence-corrected chi connectivity index (χ3v) is 7.89. The predicted molar refractivity (Wildman–Crippen MR) is 128 cm³/mol. The van der Waals surface area contributed by atoms with Crippen LogP contribution in [0.15, 0.2) is 64.5 Å².